The maximum atomic E-state index is 13.7. The van der Waals surface area contributed by atoms with Gasteiger partial charge in [-0.05, 0) is 24.5 Å². The topological polar surface area (TPSA) is 41.6 Å². The normalized spacial score (nSPS) is 21.5. The zero-order chi connectivity index (χ0) is 16.8. The lowest BCUT2D eigenvalue weighted by molar-refractivity contribution is -0.0929. The molecule has 1 heterocycles. The van der Waals surface area contributed by atoms with Crippen molar-refractivity contribution in [1.82, 2.24) is 4.90 Å². The van der Waals surface area contributed by atoms with Gasteiger partial charge in [0.1, 0.15) is 5.82 Å². The minimum absolute atomic E-state index is 0.0250. The van der Waals surface area contributed by atoms with E-state index < -0.39 is 5.82 Å². The van der Waals surface area contributed by atoms with Crippen LogP contribution in [0, 0.1) is 11.7 Å². The second kappa shape index (κ2) is 8.29. The van der Waals surface area contributed by atoms with Gasteiger partial charge in [-0.25, -0.2) is 9.18 Å². The number of morpholine rings is 1. The van der Waals surface area contributed by atoms with E-state index >= 15 is 0 Å². The van der Waals surface area contributed by atoms with E-state index in [0.29, 0.717) is 19.0 Å². The predicted molar refractivity (Wildman–Crippen MR) is 90.0 cm³/mol. The van der Waals surface area contributed by atoms with Gasteiger partial charge in [-0.15, -0.1) is 0 Å². The van der Waals surface area contributed by atoms with Gasteiger partial charge >= 0.3 is 6.03 Å². The highest BCUT2D eigenvalue weighted by molar-refractivity contribution is 5.89. The van der Waals surface area contributed by atoms with Crippen molar-refractivity contribution in [3.63, 3.8) is 0 Å². The van der Waals surface area contributed by atoms with E-state index in [1.807, 2.05) is 0 Å². The number of nitrogens with zero attached hydrogens (tertiary/aromatic N) is 1. The molecular formula is C18H27FN2O2. The van der Waals surface area contributed by atoms with E-state index in [2.05, 4.69) is 26.1 Å². The smallest absolute Gasteiger partial charge is 0.322 e. The van der Waals surface area contributed by atoms with Crippen LogP contribution in [-0.4, -0.2) is 36.2 Å². The van der Waals surface area contributed by atoms with Crippen molar-refractivity contribution < 1.29 is 13.9 Å². The van der Waals surface area contributed by atoms with Gasteiger partial charge in [-0.3, -0.25) is 0 Å². The molecule has 0 unspecified atom stereocenters. The lowest BCUT2D eigenvalue weighted by atomic mass is 10.0. The van der Waals surface area contributed by atoms with Gasteiger partial charge in [0.15, 0.2) is 0 Å². The van der Waals surface area contributed by atoms with E-state index in [1.165, 1.54) is 6.07 Å². The summed E-state index contributed by atoms with van der Waals surface area (Å²) in [5.74, 6) is -0.0831. The van der Waals surface area contributed by atoms with Crippen molar-refractivity contribution >= 4 is 11.7 Å². The minimum Gasteiger partial charge on any atom is -0.371 e. The minimum atomic E-state index is -0.419. The van der Waals surface area contributed by atoms with Gasteiger partial charge in [-0.1, -0.05) is 45.7 Å². The van der Waals surface area contributed by atoms with Crippen molar-refractivity contribution in [1.29, 1.82) is 0 Å². The average molecular weight is 322 g/mol. The number of amides is 2. The number of anilines is 1. The summed E-state index contributed by atoms with van der Waals surface area (Å²) in [7, 11) is 0. The fourth-order valence-electron chi connectivity index (χ4n) is 2.75. The number of benzene rings is 1. The molecule has 1 saturated heterocycles. The molecule has 0 saturated carbocycles. The Morgan fingerprint density at radius 2 is 2.13 bits per heavy atom. The summed E-state index contributed by atoms with van der Waals surface area (Å²) in [4.78, 5) is 14.3. The lowest BCUT2D eigenvalue weighted by Gasteiger charge is -2.39. The third-order valence-electron chi connectivity index (χ3n) is 4.22. The van der Waals surface area contributed by atoms with Crippen molar-refractivity contribution in [2.75, 3.05) is 18.4 Å². The molecule has 2 atom stereocenters. The van der Waals surface area contributed by atoms with Crippen LogP contribution in [0.1, 0.15) is 40.0 Å². The van der Waals surface area contributed by atoms with E-state index in [4.69, 9.17) is 4.74 Å². The molecule has 1 aliphatic heterocycles. The molecule has 0 aliphatic carbocycles. The molecule has 0 spiro atoms. The van der Waals surface area contributed by atoms with E-state index in [9.17, 15) is 9.18 Å². The zero-order valence-electron chi connectivity index (χ0n) is 14.2. The van der Waals surface area contributed by atoms with Crippen molar-refractivity contribution in [3.8, 4) is 0 Å². The molecule has 2 amide bonds. The van der Waals surface area contributed by atoms with Crippen LogP contribution in [0.5, 0.6) is 0 Å². The van der Waals surface area contributed by atoms with Gasteiger partial charge in [0.2, 0.25) is 0 Å². The van der Waals surface area contributed by atoms with Crippen LogP contribution < -0.4 is 5.32 Å². The Balaban J connectivity index is 2.03. The SMILES string of the molecule is CCCC[C@@H]1CN(C(=O)Nc2ccccc2F)C[C@H](C(C)C)O1. The molecule has 1 fully saturated rings. The number of unbranched alkanes of at least 4 members (excludes halogenated alkanes) is 1. The predicted octanol–water partition coefficient (Wildman–Crippen LogP) is 4.27. The van der Waals surface area contributed by atoms with Gasteiger partial charge < -0.3 is 15.0 Å². The van der Waals surface area contributed by atoms with Crippen LogP contribution in [0.15, 0.2) is 24.3 Å². The highest BCUT2D eigenvalue weighted by Crippen LogP contribution is 2.22. The monoisotopic (exact) mass is 322 g/mol. The highest BCUT2D eigenvalue weighted by Gasteiger charge is 2.32. The standard InChI is InChI=1S/C18H27FN2O2/c1-4-5-8-14-11-21(12-17(23-14)13(2)3)18(22)20-16-10-7-6-9-15(16)19/h6-7,9-10,13-14,17H,4-5,8,11-12H2,1-3H3,(H,20,22)/t14-,17-/m1/s1. The van der Waals surface area contributed by atoms with Crippen molar-refractivity contribution in [2.45, 2.75) is 52.2 Å². The molecule has 23 heavy (non-hydrogen) atoms. The summed E-state index contributed by atoms with van der Waals surface area (Å²) in [6.45, 7) is 7.44. The number of hydrogen-bond donors (Lipinski definition) is 1. The largest absolute Gasteiger partial charge is 0.371 e. The van der Waals surface area contributed by atoms with Crippen LogP contribution in [0.2, 0.25) is 0 Å². The molecular weight excluding hydrogens is 295 g/mol. The first-order valence-electron chi connectivity index (χ1n) is 8.47. The third-order valence-corrected chi connectivity index (χ3v) is 4.22. The number of halogens is 1. The van der Waals surface area contributed by atoms with Crippen LogP contribution >= 0.6 is 0 Å². The van der Waals surface area contributed by atoms with Crippen LogP contribution in [0.4, 0.5) is 14.9 Å². The quantitative estimate of drug-likeness (QED) is 0.879. The van der Waals surface area contributed by atoms with Crippen molar-refractivity contribution in [3.05, 3.63) is 30.1 Å². The average Bonchev–Trinajstić information content (AvgIpc) is 2.54. The van der Waals surface area contributed by atoms with Crippen LogP contribution in [0.3, 0.4) is 0 Å². The maximum Gasteiger partial charge on any atom is 0.322 e. The Kier molecular flexibility index (Phi) is 6.39. The molecule has 0 radical (unpaired) electrons. The van der Waals surface area contributed by atoms with Crippen molar-refractivity contribution in [2.24, 2.45) is 5.92 Å². The Hall–Kier alpha value is -1.62. The Morgan fingerprint density at radius 3 is 2.78 bits per heavy atom. The van der Waals surface area contributed by atoms with E-state index in [0.717, 1.165) is 19.3 Å². The molecule has 4 nitrogen and oxygen atoms in total. The summed E-state index contributed by atoms with van der Waals surface area (Å²) < 4.78 is 19.8. The van der Waals surface area contributed by atoms with Gasteiger partial charge in [0.05, 0.1) is 17.9 Å². The first-order chi connectivity index (χ1) is 11.0. The van der Waals surface area contributed by atoms with Crippen LogP contribution in [-0.2, 0) is 4.74 Å². The number of para-hydroxylation sites is 1. The summed E-state index contributed by atoms with van der Waals surface area (Å²) in [6, 6.07) is 5.97. The molecule has 0 aromatic heterocycles. The first-order valence-corrected chi connectivity index (χ1v) is 8.47. The molecule has 1 N–H and O–H groups in total. The summed E-state index contributed by atoms with van der Waals surface area (Å²) in [5.41, 5.74) is 0.218. The lowest BCUT2D eigenvalue weighted by Crippen LogP contribution is -2.52. The molecule has 1 aliphatic rings. The van der Waals surface area contributed by atoms with Gasteiger partial charge in [0, 0.05) is 13.1 Å². The van der Waals surface area contributed by atoms with Crippen LogP contribution in [0.25, 0.3) is 0 Å². The molecule has 0 bridgehead atoms. The number of rotatable bonds is 5. The highest BCUT2D eigenvalue weighted by atomic mass is 19.1. The maximum absolute atomic E-state index is 13.7. The fraction of sp³-hybridized carbons (Fsp3) is 0.611. The first kappa shape index (κ1) is 17.7. The molecule has 1 aromatic carbocycles. The summed E-state index contributed by atoms with van der Waals surface area (Å²) in [5, 5.41) is 2.67. The number of nitrogens with one attached hydrogen (secondary N) is 1. The Labute approximate surface area is 138 Å². The summed E-state index contributed by atoms with van der Waals surface area (Å²) in [6.07, 6.45) is 3.22. The Morgan fingerprint density at radius 1 is 1.39 bits per heavy atom. The molecule has 2 rings (SSSR count). The second-order valence-corrected chi connectivity index (χ2v) is 6.50. The number of ether oxygens (including phenoxy) is 1. The molecule has 5 heteroatoms. The number of urea groups is 1. The van der Waals surface area contributed by atoms with E-state index in [1.54, 1.807) is 23.1 Å². The second-order valence-electron chi connectivity index (χ2n) is 6.50. The zero-order valence-corrected chi connectivity index (χ0v) is 14.2. The Bertz CT molecular complexity index is 521. The van der Waals surface area contributed by atoms with Gasteiger partial charge in [-0.2, -0.15) is 0 Å². The number of carbonyl (C=O) groups is 1. The van der Waals surface area contributed by atoms with Gasteiger partial charge in [0.25, 0.3) is 0 Å². The molecule has 1 aromatic rings. The number of carbonyl (C=O) groups excluding carboxylic acids is 1. The molecule has 128 valence electrons. The fourth-order valence-corrected chi connectivity index (χ4v) is 2.75. The van der Waals surface area contributed by atoms with E-state index in [-0.39, 0.29) is 23.9 Å². The third kappa shape index (κ3) is 4.93. The summed E-state index contributed by atoms with van der Waals surface area (Å²) >= 11 is 0. The number of hydrogen-bond acceptors (Lipinski definition) is 2.